The summed E-state index contributed by atoms with van der Waals surface area (Å²) in [5, 5.41) is 0. The van der Waals surface area contributed by atoms with Crippen LogP contribution in [-0.4, -0.2) is 21.4 Å². The van der Waals surface area contributed by atoms with Crippen LogP contribution in [0, 0.1) is 0 Å². The zero-order chi connectivity index (χ0) is 14.8. The van der Waals surface area contributed by atoms with Gasteiger partial charge >= 0.3 is 13.0 Å². The van der Waals surface area contributed by atoms with Crippen LogP contribution in [0.25, 0.3) is 0 Å². The molecular weight excluding hydrogens is 323 g/mol. The van der Waals surface area contributed by atoms with Crippen molar-refractivity contribution < 1.29 is 39.8 Å². The molecule has 1 rings (SSSR count). The average Bonchev–Trinajstić information content (AvgIpc) is 2.11. The number of hydrogen-bond donors (Lipinski definition) is 0. The maximum Gasteiger partial charge on any atom is 0.573 e. The van der Waals surface area contributed by atoms with Crippen molar-refractivity contribution in [3.8, 4) is 11.5 Å². The quantitative estimate of drug-likeness (QED) is 0.630. The lowest BCUT2D eigenvalue weighted by Crippen LogP contribution is -2.18. The van der Waals surface area contributed by atoms with Gasteiger partial charge in [0.1, 0.15) is 10.6 Å². The van der Waals surface area contributed by atoms with Gasteiger partial charge in [0.05, 0.1) is 0 Å². The molecule has 0 fully saturated rings. The first-order chi connectivity index (χ1) is 8.49. The second-order valence-corrected chi connectivity index (χ2v) is 5.51. The van der Waals surface area contributed by atoms with Crippen LogP contribution in [0.5, 0.6) is 11.5 Å². The Morgan fingerprint density at radius 3 is 2.21 bits per heavy atom. The van der Waals surface area contributed by atoms with Crippen LogP contribution in [0.3, 0.4) is 0 Å². The van der Waals surface area contributed by atoms with E-state index in [0.717, 1.165) is 0 Å². The molecule has 1 aromatic rings. The van der Waals surface area contributed by atoms with Crippen LogP contribution < -0.4 is 9.47 Å². The van der Waals surface area contributed by atoms with E-state index >= 15 is 0 Å². The minimum Gasteiger partial charge on any atom is -0.435 e. The lowest BCUT2D eigenvalue weighted by molar-refractivity contribution is -0.275. The van der Waals surface area contributed by atoms with Gasteiger partial charge in [-0.25, -0.2) is 8.42 Å². The van der Waals surface area contributed by atoms with E-state index in [4.69, 9.17) is 10.7 Å². The Morgan fingerprint density at radius 2 is 1.79 bits per heavy atom. The molecule has 19 heavy (non-hydrogen) atoms. The van der Waals surface area contributed by atoms with E-state index in [9.17, 15) is 30.4 Å². The maximum absolute atomic E-state index is 12.1. The third-order valence-electron chi connectivity index (χ3n) is 1.63. The molecule has 11 heteroatoms. The topological polar surface area (TPSA) is 52.6 Å². The van der Waals surface area contributed by atoms with E-state index in [-0.39, 0.29) is 0 Å². The monoisotopic (exact) mass is 326 g/mol. The molecule has 0 aliphatic rings. The largest absolute Gasteiger partial charge is 0.573 e. The fraction of sp³-hybridized carbons (Fsp3) is 0.250. The summed E-state index contributed by atoms with van der Waals surface area (Å²) in [6.07, 6.45) is -5.22. The van der Waals surface area contributed by atoms with E-state index in [1.165, 1.54) is 0 Å². The lowest BCUT2D eigenvalue weighted by atomic mass is 10.3. The Balaban J connectivity index is 3.27. The summed E-state index contributed by atoms with van der Waals surface area (Å²) >= 11 is 0. The summed E-state index contributed by atoms with van der Waals surface area (Å²) in [6, 6.07) is 1.61. The van der Waals surface area contributed by atoms with Crippen molar-refractivity contribution in [2.45, 2.75) is 17.9 Å². The first-order valence-corrected chi connectivity index (χ1v) is 6.59. The average molecular weight is 327 g/mol. The van der Waals surface area contributed by atoms with Crippen molar-refractivity contribution in [1.82, 2.24) is 0 Å². The Labute approximate surface area is 108 Å². The summed E-state index contributed by atoms with van der Waals surface area (Å²) < 4.78 is 89.2. The molecule has 0 radical (unpaired) electrons. The van der Waals surface area contributed by atoms with Gasteiger partial charge < -0.3 is 9.47 Å². The Bertz CT molecular complexity index is 557. The summed E-state index contributed by atoms with van der Waals surface area (Å²) in [6.45, 7) is -3.29. The molecule has 1 aromatic carbocycles. The van der Waals surface area contributed by atoms with Gasteiger partial charge in [-0.15, -0.1) is 13.2 Å². The highest BCUT2D eigenvalue weighted by atomic mass is 35.7. The van der Waals surface area contributed by atoms with E-state index in [1.807, 2.05) is 0 Å². The SMILES string of the molecule is O=S(=O)(Cl)c1ccc(OC(F)F)cc1OC(F)(F)F. The fourth-order valence-corrected chi connectivity index (χ4v) is 2.02. The standard InChI is InChI=1S/C8H4ClF5O4S/c9-19(15,16)6-2-1-4(17-7(10)11)3-5(6)18-8(12,13)14/h1-3,7H. The predicted molar refractivity (Wildman–Crippen MR) is 52.8 cm³/mol. The number of halogens is 6. The van der Waals surface area contributed by atoms with Gasteiger partial charge in [0.2, 0.25) is 0 Å². The molecule has 0 N–H and O–H groups in total. The summed E-state index contributed by atoms with van der Waals surface area (Å²) in [4.78, 5) is -1.02. The highest BCUT2D eigenvalue weighted by Gasteiger charge is 2.34. The normalized spacial score (nSPS) is 12.6. The van der Waals surface area contributed by atoms with Crippen molar-refractivity contribution in [3.05, 3.63) is 18.2 Å². The molecular formula is C8H4ClF5O4S. The second-order valence-electron chi connectivity index (χ2n) is 2.97. The van der Waals surface area contributed by atoms with Gasteiger partial charge in [-0.3, -0.25) is 0 Å². The zero-order valence-electron chi connectivity index (χ0n) is 8.62. The van der Waals surface area contributed by atoms with Crippen molar-refractivity contribution in [3.63, 3.8) is 0 Å². The fourth-order valence-electron chi connectivity index (χ4n) is 1.07. The van der Waals surface area contributed by atoms with Gasteiger partial charge in [0.25, 0.3) is 9.05 Å². The first kappa shape index (κ1) is 15.8. The third-order valence-corrected chi connectivity index (χ3v) is 2.99. The molecule has 0 aromatic heterocycles. The smallest absolute Gasteiger partial charge is 0.435 e. The molecule has 0 saturated heterocycles. The van der Waals surface area contributed by atoms with E-state index in [1.54, 1.807) is 0 Å². The molecule has 0 spiro atoms. The lowest BCUT2D eigenvalue weighted by Gasteiger charge is -2.13. The van der Waals surface area contributed by atoms with Crippen molar-refractivity contribution in [2.75, 3.05) is 0 Å². The Kier molecular flexibility index (Phi) is 4.46. The molecule has 0 unspecified atom stereocenters. The molecule has 0 aliphatic carbocycles. The molecule has 4 nitrogen and oxygen atoms in total. The molecule has 0 amide bonds. The molecule has 0 bridgehead atoms. The second kappa shape index (κ2) is 5.37. The molecule has 0 heterocycles. The number of rotatable bonds is 4. The van der Waals surface area contributed by atoms with Crippen LogP contribution >= 0.6 is 10.7 Å². The van der Waals surface area contributed by atoms with E-state index in [0.29, 0.717) is 18.2 Å². The minimum atomic E-state index is -5.22. The first-order valence-electron chi connectivity index (χ1n) is 4.28. The molecule has 108 valence electrons. The summed E-state index contributed by atoms with van der Waals surface area (Å²) in [5.74, 6) is -1.97. The van der Waals surface area contributed by atoms with Crippen LogP contribution in [0.15, 0.2) is 23.1 Å². The third kappa shape index (κ3) is 5.07. The highest BCUT2D eigenvalue weighted by molar-refractivity contribution is 8.13. The van der Waals surface area contributed by atoms with Crippen molar-refractivity contribution >= 4 is 19.7 Å². The van der Waals surface area contributed by atoms with Crippen molar-refractivity contribution in [1.29, 1.82) is 0 Å². The van der Waals surface area contributed by atoms with Crippen LogP contribution in [0.1, 0.15) is 0 Å². The summed E-state index contributed by atoms with van der Waals surface area (Å²) in [7, 11) is 0.340. The minimum absolute atomic E-state index is 0.342. The van der Waals surface area contributed by atoms with Crippen molar-refractivity contribution in [2.24, 2.45) is 0 Å². The van der Waals surface area contributed by atoms with Gasteiger partial charge in [0, 0.05) is 16.7 Å². The highest BCUT2D eigenvalue weighted by Crippen LogP contribution is 2.34. The van der Waals surface area contributed by atoms with E-state index < -0.39 is 38.4 Å². The van der Waals surface area contributed by atoms with Gasteiger partial charge in [0.15, 0.2) is 5.75 Å². The van der Waals surface area contributed by atoms with Crippen LogP contribution in [0.4, 0.5) is 22.0 Å². The number of benzene rings is 1. The number of ether oxygens (including phenoxy) is 2. The van der Waals surface area contributed by atoms with E-state index in [2.05, 4.69) is 9.47 Å². The molecule has 0 saturated carbocycles. The van der Waals surface area contributed by atoms with Gasteiger partial charge in [-0.2, -0.15) is 8.78 Å². The number of hydrogen-bond acceptors (Lipinski definition) is 4. The van der Waals surface area contributed by atoms with Crippen LogP contribution in [0.2, 0.25) is 0 Å². The number of alkyl halides is 5. The maximum atomic E-state index is 12.1. The Hall–Kier alpha value is -1.29. The molecule has 0 atom stereocenters. The van der Waals surface area contributed by atoms with Crippen LogP contribution in [-0.2, 0) is 9.05 Å². The van der Waals surface area contributed by atoms with Gasteiger partial charge in [-0.1, -0.05) is 0 Å². The van der Waals surface area contributed by atoms with Gasteiger partial charge in [-0.05, 0) is 12.1 Å². The predicted octanol–water partition coefficient (Wildman–Crippen LogP) is 3.11. The molecule has 0 aliphatic heterocycles. The zero-order valence-corrected chi connectivity index (χ0v) is 10.2. The Morgan fingerprint density at radius 1 is 1.21 bits per heavy atom. The summed E-state index contributed by atoms with van der Waals surface area (Å²) in [5.41, 5.74) is 0.